The zero-order chi connectivity index (χ0) is 21.3. The van der Waals surface area contributed by atoms with E-state index in [-0.39, 0.29) is 5.25 Å². The van der Waals surface area contributed by atoms with Gasteiger partial charge in [-0.2, -0.15) is 0 Å². The molecule has 1 saturated heterocycles. The lowest BCUT2D eigenvalue weighted by Gasteiger charge is -2.40. The van der Waals surface area contributed by atoms with Crippen LogP contribution in [0.5, 0.6) is 0 Å². The van der Waals surface area contributed by atoms with E-state index < -0.39 is 37.1 Å². The lowest BCUT2D eigenvalue weighted by Crippen LogP contribution is -2.55. The molecule has 1 fully saturated rings. The highest BCUT2D eigenvalue weighted by atomic mass is 32.2. The zero-order valence-electron chi connectivity index (χ0n) is 16.8. The Hall–Kier alpha value is -1.06. The quantitative estimate of drug-likeness (QED) is 0.572. The summed E-state index contributed by atoms with van der Waals surface area (Å²) >= 11 is 3.73. The first kappa shape index (κ1) is 22.1. The third-order valence-electron chi connectivity index (χ3n) is 5.85. The maximum absolute atomic E-state index is 10.5. The third-order valence-corrected chi connectivity index (χ3v) is 8.50. The van der Waals surface area contributed by atoms with Crippen molar-refractivity contribution >= 4 is 23.5 Å². The SMILES string of the molecule is CCc1ccc(C2SCCSc3ccc(C4OC(CO)C(O)C(O)C4O)cc32)cc1. The molecular formula is C23H28O5S2. The van der Waals surface area contributed by atoms with E-state index in [1.807, 2.05) is 35.7 Å². The number of hydrogen-bond acceptors (Lipinski definition) is 7. The maximum atomic E-state index is 10.5. The number of aliphatic hydroxyl groups excluding tert-OH is 4. The second-order valence-corrected chi connectivity index (χ2v) is 10.1. The Kier molecular flexibility index (Phi) is 7.09. The molecule has 0 bridgehead atoms. The lowest BCUT2D eigenvalue weighted by molar-refractivity contribution is -0.231. The van der Waals surface area contributed by atoms with E-state index >= 15 is 0 Å². The van der Waals surface area contributed by atoms with Gasteiger partial charge in [-0.1, -0.05) is 43.3 Å². The summed E-state index contributed by atoms with van der Waals surface area (Å²) in [5.41, 5.74) is 4.46. The first-order valence-electron chi connectivity index (χ1n) is 10.3. The van der Waals surface area contributed by atoms with Crippen LogP contribution in [0.25, 0.3) is 0 Å². The molecule has 6 atom stereocenters. The van der Waals surface area contributed by atoms with Crippen molar-refractivity contribution in [2.45, 2.75) is 54.0 Å². The molecule has 30 heavy (non-hydrogen) atoms. The van der Waals surface area contributed by atoms with Gasteiger partial charge in [0.15, 0.2) is 0 Å². The van der Waals surface area contributed by atoms with Gasteiger partial charge in [-0.25, -0.2) is 0 Å². The fraction of sp³-hybridized carbons (Fsp3) is 0.478. The summed E-state index contributed by atoms with van der Waals surface area (Å²) < 4.78 is 5.79. The van der Waals surface area contributed by atoms with Crippen molar-refractivity contribution in [2.24, 2.45) is 0 Å². The van der Waals surface area contributed by atoms with Crippen molar-refractivity contribution in [2.75, 3.05) is 18.1 Å². The number of aliphatic hydroxyl groups is 4. The zero-order valence-corrected chi connectivity index (χ0v) is 18.5. The standard InChI is InChI=1S/C23H28O5S2/c1-2-13-3-5-14(6-4-13)23-16-11-15(7-8-18(16)29-9-10-30-23)22-21(27)20(26)19(25)17(12-24)28-22/h3-8,11,17,19-27H,2,9-10,12H2,1H3. The minimum atomic E-state index is -1.37. The van der Waals surface area contributed by atoms with Crippen molar-refractivity contribution in [3.05, 3.63) is 64.7 Å². The molecule has 5 nitrogen and oxygen atoms in total. The second kappa shape index (κ2) is 9.61. The Bertz CT molecular complexity index is 857. The summed E-state index contributed by atoms with van der Waals surface area (Å²) in [6, 6.07) is 14.7. The molecule has 2 aliphatic heterocycles. The monoisotopic (exact) mass is 448 g/mol. The number of fused-ring (bicyclic) bond motifs is 1. The molecule has 2 aromatic carbocycles. The predicted molar refractivity (Wildman–Crippen MR) is 120 cm³/mol. The maximum Gasteiger partial charge on any atom is 0.113 e. The third kappa shape index (κ3) is 4.30. The molecule has 0 aromatic heterocycles. The number of ether oxygens (including phenoxy) is 1. The molecule has 4 N–H and O–H groups in total. The Morgan fingerprint density at radius 3 is 2.37 bits per heavy atom. The minimum Gasteiger partial charge on any atom is -0.394 e. The van der Waals surface area contributed by atoms with Crippen LogP contribution in [0.15, 0.2) is 47.4 Å². The van der Waals surface area contributed by atoms with Crippen molar-refractivity contribution in [3.8, 4) is 0 Å². The van der Waals surface area contributed by atoms with Gasteiger partial charge in [-0.15, -0.1) is 23.5 Å². The van der Waals surface area contributed by atoms with Gasteiger partial charge in [0.2, 0.25) is 0 Å². The van der Waals surface area contributed by atoms with Gasteiger partial charge >= 0.3 is 0 Å². The van der Waals surface area contributed by atoms with Crippen molar-refractivity contribution in [3.63, 3.8) is 0 Å². The van der Waals surface area contributed by atoms with Gasteiger partial charge in [0.05, 0.1) is 11.9 Å². The lowest BCUT2D eigenvalue weighted by atomic mass is 9.90. The average Bonchev–Trinajstić information content (AvgIpc) is 3.00. The molecule has 2 aliphatic rings. The van der Waals surface area contributed by atoms with Crippen LogP contribution in [0.4, 0.5) is 0 Å². The fourth-order valence-electron chi connectivity index (χ4n) is 4.07. The summed E-state index contributed by atoms with van der Waals surface area (Å²) in [7, 11) is 0. The van der Waals surface area contributed by atoms with E-state index in [9.17, 15) is 20.4 Å². The molecule has 7 heteroatoms. The van der Waals surface area contributed by atoms with E-state index in [0.717, 1.165) is 23.5 Å². The van der Waals surface area contributed by atoms with E-state index in [1.54, 1.807) is 0 Å². The fourth-order valence-corrected chi connectivity index (χ4v) is 6.55. The van der Waals surface area contributed by atoms with Crippen LogP contribution < -0.4 is 0 Å². The number of aryl methyl sites for hydroxylation is 1. The topological polar surface area (TPSA) is 90.2 Å². The molecule has 0 aliphatic carbocycles. The summed E-state index contributed by atoms with van der Waals surface area (Å²) in [5, 5.41) is 40.5. The van der Waals surface area contributed by atoms with Crippen LogP contribution in [-0.4, -0.2) is 63.0 Å². The molecule has 4 rings (SSSR count). The van der Waals surface area contributed by atoms with Gasteiger partial charge < -0.3 is 25.2 Å². The first-order chi connectivity index (χ1) is 14.5. The molecule has 0 spiro atoms. The average molecular weight is 449 g/mol. The summed E-state index contributed by atoms with van der Waals surface area (Å²) in [4.78, 5) is 1.21. The van der Waals surface area contributed by atoms with Crippen molar-refractivity contribution < 1.29 is 25.2 Å². The number of thioether (sulfide) groups is 2. The van der Waals surface area contributed by atoms with Crippen LogP contribution in [0, 0.1) is 0 Å². The highest BCUT2D eigenvalue weighted by Gasteiger charge is 2.44. The Balaban J connectivity index is 1.70. The Morgan fingerprint density at radius 1 is 0.933 bits per heavy atom. The molecule has 0 amide bonds. The molecule has 2 heterocycles. The van der Waals surface area contributed by atoms with Gasteiger partial charge in [-0.3, -0.25) is 0 Å². The van der Waals surface area contributed by atoms with Gasteiger partial charge in [0.25, 0.3) is 0 Å². The first-order valence-corrected chi connectivity index (χ1v) is 12.3. The predicted octanol–water partition coefficient (Wildman–Crippen LogP) is 2.69. The van der Waals surface area contributed by atoms with Crippen LogP contribution in [0.1, 0.15) is 40.5 Å². The molecule has 162 valence electrons. The second-order valence-electron chi connectivity index (χ2n) is 7.74. The summed E-state index contributed by atoms with van der Waals surface area (Å²) in [5.74, 6) is 2.07. The highest BCUT2D eigenvalue weighted by Crippen LogP contribution is 2.45. The molecule has 6 unspecified atom stereocenters. The highest BCUT2D eigenvalue weighted by molar-refractivity contribution is 8.03. The smallest absolute Gasteiger partial charge is 0.113 e. The summed E-state index contributed by atoms with van der Waals surface area (Å²) in [6.07, 6.45) is -4.71. The largest absolute Gasteiger partial charge is 0.394 e. The Morgan fingerprint density at radius 2 is 1.67 bits per heavy atom. The normalized spacial score (nSPS) is 31.8. The van der Waals surface area contributed by atoms with E-state index in [0.29, 0.717) is 0 Å². The van der Waals surface area contributed by atoms with Crippen LogP contribution in [0.2, 0.25) is 0 Å². The molecule has 2 aromatic rings. The van der Waals surface area contributed by atoms with E-state index in [4.69, 9.17) is 4.74 Å². The molecule has 0 saturated carbocycles. The van der Waals surface area contributed by atoms with Crippen LogP contribution in [-0.2, 0) is 11.2 Å². The number of rotatable bonds is 4. The van der Waals surface area contributed by atoms with E-state index in [2.05, 4.69) is 37.3 Å². The Labute approximate surface area is 185 Å². The number of benzene rings is 2. The van der Waals surface area contributed by atoms with Gasteiger partial charge in [0, 0.05) is 16.4 Å². The molecule has 0 radical (unpaired) electrons. The van der Waals surface area contributed by atoms with Crippen molar-refractivity contribution in [1.29, 1.82) is 0 Å². The van der Waals surface area contributed by atoms with Crippen LogP contribution in [0.3, 0.4) is 0 Å². The van der Waals surface area contributed by atoms with Crippen molar-refractivity contribution in [1.82, 2.24) is 0 Å². The van der Waals surface area contributed by atoms with Gasteiger partial charge in [0.1, 0.15) is 30.5 Å². The minimum absolute atomic E-state index is 0.172. The van der Waals surface area contributed by atoms with Crippen LogP contribution >= 0.6 is 23.5 Å². The molecular weight excluding hydrogens is 420 g/mol. The summed E-state index contributed by atoms with van der Waals surface area (Å²) in [6.45, 7) is 1.72. The van der Waals surface area contributed by atoms with Gasteiger partial charge in [-0.05, 0) is 34.7 Å². The van der Waals surface area contributed by atoms with E-state index in [1.165, 1.54) is 21.6 Å². The number of hydrogen-bond donors (Lipinski definition) is 4.